The second-order valence-corrected chi connectivity index (χ2v) is 5.72. The first-order chi connectivity index (χ1) is 10.1. The molecule has 1 amide bonds. The van der Waals surface area contributed by atoms with Gasteiger partial charge in [-0.3, -0.25) is 4.79 Å². The Morgan fingerprint density at radius 1 is 1.48 bits per heavy atom. The molecule has 1 aliphatic heterocycles. The molecular weight excluding hydrogens is 268 g/mol. The van der Waals surface area contributed by atoms with Gasteiger partial charge in [0, 0.05) is 17.8 Å². The summed E-state index contributed by atoms with van der Waals surface area (Å²) in [6, 6.07) is 5.70. The zero-order valence-corrected chi connectivity index (χ0v) is 12.1. The summed E-state index contributed by atoms with van der Waals surface area (Å²) < 4.78 is 5.19. The maximum Gasteiger partial charge on any atom is 0.247 e. The summed E-state index contributed by atoms with van der Waals surface area (Å²) in [7, 11) is 0. The number of hydrogen-bond donors (Lipinski definition) is 2. The molecule has 0 aliphatic carbocycles. The van der Waals surface area contributed by atoms with E-state index in [-0.39, 0.29) is 11.3 Å². The van der Waals surface area contributed by atoms with Crippen LogP contribution in [-0.4, -0.2) is 29.2 Å². The zero-order valence-electron chi connectivity index (χ0n) is 12.1. The SMILES string of the molecule is Cc1ccc(-c2nnco2)cc1NC(=O)C1(C)CCNC1. The number of nitrogens with zero attached hydrogens (tertiary/aromatic N) is 2. The summed E-state index contributed by atoms with van der Waals surface area (Å²) in [6.07, 6.45) is 2.14. The number of carbonyl (C=O) groups is 1. The Labute approximate surface area is 123 Å². The van der Waals surface area contributed by atoms with Crippen LogP contribution in [0.4, 0.5) is 5.69 Å². The van der Waals surface area contributed by atoms with Gasteiger partial charge in [-0.1, -0.05) is 6.07 Å². The van der Waals surface area contributed by atoms with Crippen LogP contribution in [-0.2, 0) is 4.79 Å². The van der Waals surface area contributed by atoms with Crippen molar-refractivity contribution in [1.29, 1.82) is 0 Å². The van der Waals surface area contributed by atoms with Crippen molar-refractivity contribution in [2.75, 3.05) is 18.4 Å². The van der Waals surface area contributed by atoms with E-state index < -0.39 is 0 Å². The lowest BCUT2D eigenvalue weighted by Gasteiger charge is -2.22. The van der Waals surface area contributed by atoms with Crippen molar-refractivity contribution in [2.45, 2.75) is 20.3 Å². The van der Waals surface area contributed by atoms with Gasteiger partial charge in [0.1, 0.15) is 0 Å². The molecule has 2 heterocycles. The fourth-order valence-corrected chi connectivity index (χ4v) is 2.47. The molecule has 0 spiro atoms. The summed E-state index contributed by atoms with van der Waals surface area (Å²) in [4.78, 5) is 12.5. The molecule has 1 aromatic carbocycles. The predicted octanol–water partition coefficient (Wildman–Crippen LogP) is 1.98. The van der Waals surface area contributed by atoms with E-state index in [2.05, 4.69) is 20.8 Å². The molecule has 2 aromatic rings. The van der Waals surface area contributed by atoms with Crippen molar-refractivity contribution in [2.24, 2.45) is 5.41 Å². The molecule has 21 heavy (non-hydrogen) atoms. The number of carbonyl (C=O) groups excluding carboxylic acids is 1. The Morgan fingerprint density at radius 3 is 3.00 bits per heavy atom. The zero-order chi connectivity index (χ0) is 14.9. The Bertz CT molecular complexity index is 646. The van der Waals surface area contributed by atoms with E-state index in [0.29, 0.717) is 12.4 Å². The summed E-state index contributed by atoms with van der Waals surface area (Å²) in [6.45, 7) is 5.54. The molecular formula is C15H18N4O2. The Hall–Kier alpha value is -2.21. The molecule has 1 aliphatic rings. The van der Waals surface area contributed by atoms with Crippen LogP contribution in [0.15, 0.2) is 29.0 Å². The van der Waals surface area contributed by atoms with Crippen molar-refractivity contribution < 1.29 is 9.21 Å². The molecule has 0 radical (unpaired) electrons. The van der Waals surface area contributed by atoms with Gasteiger partial charge in [-0.25, -0.2) is 0 Å². The average Bonchev–Trinajstić information content (AvgIpc) is 3.13. The van der Waals surface area contributed by atoms with E-state index in [1.54, 1.807) is 0 Å². The lowest BCUT2D eigenvalue weighted by molar-refractivity contribution is -0.123. The van der Waals surface area contributed by atoms with E-state index >= 15 is 0 Å². The summed E-state index contributed by atoms with van der Waals surface area (Å²) in [5, 5.41) is 13.8. The smallest absolute Gasteiger partial charge is 0.247 e. The molecule has 0 bridgehead atoms. The van der Waals surface area contributed by atoms with Gasteiger partial charge in [-0.05, 0) is 44.5 Å². The van der Waals surface area contributed by atoms with Crippen LogP contribution in [0.2, 0.25) is 0 Å². The molecule has 1 atom stereocenters. The highest BCUT2D eigenvalue weighted by molar-refractivity contribution is 5.96. The number of aryl methyl sites for hydroxylation is 1. The van der Waals surface area contributed by atoms with Crippen molar-refractivity contribution in [3.63, 3.8) is 0 Å². The minimum atomic E-state index is -0.354. The third-order valence-electron chi connectivity index (χ3n) is 4.01. The van der Waals surface area contributed by atoms with Gasteiger partial charge in [0.25, 0.3) is 0 Å². The first-order valence-electron chi connectivity index (χ1n) is 6.98. The molecule has 1 aromatic heterocycles. The number of nitrogens with one attached hydrogen (secondary N) is 2. The second kappa shape index (κ2) is 5.29. The maximum absolute atomic E-state index is 12.5. The van der Waals surface area contributed by atoms with Crippen molar-refractivity contribution >= 4 is 11.6 Å². The van der Waals surface area contributed by atoms with Crippen LogP contribution in [0.3, 0.4) is 0 Å². The van der Waals surface area contributed by atoms with Gasteiger partial charge >= 0.3 is 0 Å². The average molecular weight is 286 g/mol. The van der Waals surface area contributed by atoms with Gasteiger partial charge in [-0.15, -0.1) is 10.2 Å². The maximum atomic E-state index is 12.5. The second-order valence-electron chi connectivity index (χ2n) is 5.72. The molecule has 0 saturated carbocycles. The first-order valence-corrected chi connectivity index (χ1v) is 6.98. The van der Waals surface area contributed by atoms with Crippen LogP contribution in [0, 0.1) is 12.3 Å². The lowest BCUT2D eigenvalue weighted by atomic mass is 9.88. The number of amides is 1. The molecule has 6 nitrogen and oxygen atoms in total. The molecule has 6 heteroatoms. The minimum absolute atomic E-state index is 0.0401. The fraction of sp³-hybridized carbons (Fsp3) is 0.400. The lowest BCUT2D eigenvalue weighted by Crippen LogP contribution is -2.35. The van der Waals surface area contributed by atoms with Crippen molar-refractivity contribution in [3.05, 3.63) is 30.2 Å². The normalized spacial score (nSPS) is 21.4. The van der Waals surface area contributed by atoms with Crippen LogP contribution < -0.4 is 10.6 Å². The number of anilines is 1. The number of aromatic nitrogens is 2. The van der Waals surface area contributed by atoms with Gasteiger partial charge in [0.2, 0.25) is 18.2 Å². The minimum Gasteiger partial charge on any atom is -0.423 e. The highest BCUT2D eigenvalue weighted by atomic mass is 16.4. The van der Waals surface area contributed by atoms with Gasteiger partial charge in [0.15, 0.2) is 0 Å². The van der Waals surface area contributed by atoms with E-state index in [9.17, 15) is 4.79 Å². The highest BCUT2D eigenvalue weighted by Crippen LogP contribution is 2.29. The number of benzene rings is 1. The third kappa shape index (κ3) is 2.67. The summed E-state index contributed by atoms with van der Waals surface area (Å²) >= 11 is 0. The molecule has 1 unspecified atom stereocenters. The third-order valence-corrected chi connectivity index (χ3v) is 4.01. The van der Waals surface area contributed by atoms with Crippen molar-refractivity contribution in [1.82, 2.24) is 15.5 Å². The largest absolute Gasteiger partial charge is 0.423 e. The van der Waals surface area contributed by atoms with Crippen LogP contribution in [0.25, 0.3) is 11.5 Å². The quantitative estimate of drug-likeness (QED) is 0.902. The van der Waals surface area contributed by atoms with Crippen LogP contribution in [0.1, 0.15) is 18.9 Å². The van der Waals surface area contributed by atoms with Crippen LogP contribution >= 0.6 is 0 Å². The monoisotopic (exact) mass is 286 g/mol. The molecule has 110 valence electrons. The summed E-state index contributed by atoms with van der Waals surface area (Å²) in [5.74, 6) is 0.484. The topological polar surface area (TPSA) is 80.1 Å². The molecule has 1 fully saturated rings. The van der Waals surface area contributed by atoms with Crippen molar-refractivity contribution in [3.8, 4) is 11.5 Å². The first kappa shape index (κ1) is 13.8. The molecule has 2 N–H and O–H groups in total. The highest BCUT2D eigenvalue weighted by Gasteiger charge is 2.36. The Kier molecular flexibility index (Phi) is 3.47. The Morgan fingerprint density at radius 2 is 2.33 bits per heavy atom. The van der Waals surface area contributed by atoms with E-state index in [4.69, 9.17) is 4.42 Å². The van der Waals surface area contributed by atoms with Gasteiger partial charge in [0.05, 0.1) is 5.41 Å². The van der Waals surface area contributed by atoms with E-state index in [0.717, 1.165) is 29.8 Å². The predicted molar refractivity (Wildman–Crippen MR) is 78.7 cm³/mol. The molecule has 3 rings (SSSR count). The molecule has 1 saturated heterocycles. The summed E-state index contributed by atoms with van der Waals surface area (Å²) in [5.41, 5.74) is 2.22. The Balaban J connectivity index is 1.85. The number of rotatable bonds is 3. The van der Waals surface area contributed by atoms with Gasteiger partial charge in [-0.2, -0.15) is 0 Å². The van der Waals surface area contributed by atoms with Gasteiger partial charge < -0.3 is 15.1 Å². The number of hydrogen-bond acceptors (Lipinski definition) is 5. The van der Waals surface area contributed by atoms with Crippen LogP contribution in [0.5, 0.6) is 0 Å². The van der Waals surface area contributed by atoms with E-state index in [1.807, 2.05) is 32.0 Å². The standard InChI is InChI=1S/C15H18N4O2/c1-10-3-4-11(13-19-17-9-21-13)7-12(10)18-14(20)15(2)5-6-16-8-15/h3-4,7,9,16H,5-6,8H2,1-2H3,(H,18,20). The fourth-order valence-electron chi connectivity index (χ4n) is 2.47. The van der Waals surface area contributed by atoms with E-state index in [1.165, 1.54) is 6.39 Å².